The molecule has 1 N–H and O–H groups in total. The number of aromatic nitrogens is 1. The number of thiazole rings is 1. The second-order valence-electron chi connectivity index (χ2n) is 6.31. The summed E-state index contributed by atoms with van der Waals surface area (Å²) in [5.74, 6) is 0.0560. The monoisotopic (exact) mass is 398 g/mol. The van der Waals surface area contributed by atoms with Crippen LogP contribution < -0.4 is 5.32 Å². The van der Waals surface area contributed by atoms with Gasteiger partial charge < -0.3 is 5.32 Å². The van der Waals surface area contributed by atoms with Crippen molar-refractivity contribution in [2.24, 2.45) is 5.92 Å². The maximum Gasteiger partial charge on any atom is 0.227 e. The Hall–Kier alpha value is -1.44. The van der Waals surface area contributed by atoms with E-state index in [1.165, 1.54) is 40.5 Å². The summed E-state index contributed by atoms with van der Waals surface area (Å²) in [5.41, 5.74) is 1.06. The molecule has 1 heterocycles. The molecule has 1 aromatic heterocycles. The summed E-state index contributed by atoms with van der Waals surface area (Å²) in [5, 5.41) is 3.76. The SMILES string of the molecule is C[C@@H]1CCc2nc(NC(=O)CCS(=O)(=O)c3ccc(Cl)cc3)sc2C1. The lowest BCUT2D eigenvalue weighted by Gasteiger charge is -2.15. The molecule has 0 spiro atoms. The van der Waals surface area contributed by atoms with Gasteiger partial charge in [-0.25, -0.2) is 13.4 Å². The van der Waals surface area contributed by atoms with Crippen molar-refractivity contribution in [3.05, 3.63) is 39.9 Å². The molecular formula is C17H19ClN2O3S2. The van der Waals surface area contributed by atoms with Gasteiger partial charge in [-0.15, -0.1) is 11.3 Å². The van der Waals surface area contributed by atoms with E-state index in [9.17, 15) is 13.2 Å². The topological polar surface area (TPSA) is 76.1 Å². The van der Waals surface area contributed by atoms with E-state index in [-0.39, 0.29) is 23.0 Å². The van der Waals surface area contributed by atoms with Crippen LogP contribution in [0.3, 0.4) is 0 Å². The van der Waals surface area contributed by atoms with Crippen LogP contribution >= 0.6 is 22.9 Å². The number of amides is 1. The van der Waals surface area contributed by atoms with Gasteiger partial charge in [0, 0.05) is 16.3 Å². The van der Waals surface area contributed by atoms with Gasteiger partial charge in [-0.2, -0.15) is 0 Å². The van der Waals surface area contributed by atoms with E-state index in [1.54, 1.807) is 0 Å². The zero-order valence-corrected chi connectivity index (χ0v) is 16.2. The summed E-state index contributed by atoms with van der Waals surface area (Å²) in [6.45, 7) is 2.21. The standard InChI is InChI=1S/C17H19ClN2O3S2/c1-11-2-7-14-15(10-11)24-17(19-14)20-16(21)8-9-25(22,23)13-5-3-12(18)4-6-13/h3-6,11H,2,7-10H2,1H3,(H,19,20,21)/t11-/m1/s1. The molecule has 1 aliphatic rings. The summed E-state index contributed by atoms with van der Waals surface area (Å²) in [6.07, 6.45) is 2.94. The molecule has 0 bridgehead atoms. The highest BCUT2D eigenvalue weighted by molar-refractivity contribution is 7.91. The number of hydrogen-bond acceptors (Lipinski definition) is 5. The van der Waals surface area contributed by atoms with E-state index < -0.39 is 9.84 Å². The fraction of sp³-hybridized carbons (Fsp3) is 0.412. The summed E-state index contributed by atoms with van der Waals surface area (Å²) in [4.78, 5) is 17.9. The molecular weight excluding hydrogens is 380 g/mol. The number of anilines is 1. The van der Waals surface area contributed by atoms with E-state index in [4.69, 9.17) is 11.6 Å². The normalized spacial score (nSPS) is 17.1. The minimum Gasteiger partial charge on any atom is -0.302 e. The second kappa shape index (κ2) is 7.43. The van der Waals surface area contributed by atoms with Crippen LogP contribution in [0.25, 0.3) is 0 Å². The first-order valence-electron chi connectivity index (χ1n) is 8.10. The molecule has 0 aliphatic heterocycles. The van der Waals surface area contributed by atoms with Crippen molar-refractivity contribution in [2.75, 3.05) is 11.1 Å². The average molecular weight is 399 g/mol. The third-order valence-electron chi connectivity index (χ3n) is 4.20. The zero-order valence-electron chi connectivity index (χ0n) is 13.8. The Morgan fingerprint density at radius 3 is 2.80 bits per heavy atom. The number of carbonyl (C=O) groups is 1. The molecule has 1 aromatic carbocycles. The van der Waals surface area contributed by atoms with Crippen LogP contribution in [0.1, 0.15) is 30.3 Å². The first kappa shape index (κ1) is 18.4. The number of nitrogens with zero attached hydrogens (tertiary/aromatic N) is 1. The quantitative estimate of drug-likeness (QED) is 0.832. The maximum absolute atomic E-state index is 12.3. The average Bonchev–Trinajstić information content (AvgIpc) is 2.94. The predicted molar refractivity (Wildman–Crippen MR) is 100 cm³/mol. The van der Waals surface area contributed by atoms with Crippen molar-refractivity contribution in [3.63, 3.8) is 0 Å². The lowest BCUT2D eigenvalue weighted by Crippen LogP contribution is -2.17. The number of aryl methyl sites for hydroxylation is 1. The summed E-state index contributed by atoms with van der Waals surface area (Å²) in [7, 11) is -3.51. The van der Waals surface area contributed by atoms with Gasteiger partial charge in [-0.3, -0.25) is 4.79 Å². The van der Waals surface area contributed by atoms with Gasteiger partial charge in [-0.1, -0.05) is 18.5 Å². The van der Waals surface area contributed by atoms with Gasteiger partial charge in [0.2, 0.25) is 5.91 Å². The Morgan fingerprint density at radius 1 is 1.36 bits per heavy atom. The van der Waals surface area contributed by atoms with Crippen LogP contribution in [0.5, 0.6) is 0 Å². The minimum absolute atomic E-state index is 0.106. The van der Waals surface area contributed by atoms with Gasteiger partial charge >= 0.3 is 0 Å². The summed E-state index contributed by atoms with van der Waals surface area (Å²) >= 11 is 7.26. The number of carbonyl (C=O) groups excluding carboxylic acids is 1. The first-order chi connectivity index (χ1) is 11.8. The van der Waals surface area contributed by atoms with Crippen molar-refractivity contribution in [3.8, 4) is 0 Å². The van der Waals surface area contributed by atoms with Crippen LogP contribution in [0.4, 0.5) is 5.13 Å². The number of fused-ring (bicyclic) bond motifs is 1. The van der Waals surface area contributed by atoms with Gasteiger partial charge in [-0.05, 0) is 49.4 Å². The molecule has 1 aliphatic carbocycles. The first-order valence-corrected chi connectivity index (χ1v) is 10.9. The Bertz CT molecular complexity index is 876. The molecule has 1 atom stereocenters. The second-order valence-corrected chi connectivity index (χ2v) is 9.94. The third kappa shape index (κ3) is 4.59. The molecule has 134 valence electrons. The molecule has 0 radical (unpaired) electrons. The van der Waals surface area contributed by atoms with Crippen molar-refractivity contribution in [2.45, 2.75) is 37.5 Å². The van der Waals surface area contributed by atoms with Crippen LogP contribution in [0.15, 0.2) is 29.2 Å². The molecule has 0 saturated carbocycles. The largest absolute Gasteiger partial charge is 0.302 e. The molecule has 1 amide bonds. The summed E-state index contributed by atoms with van der Waals surface area (Å²) in [6, 6.07) is 5.95. The van der Waals surface area contributed by atoms with E-state index in [2.05, 4.69) is 17.2 Å². The van der Waals surface area contributed by atoms with Crippen LogP contribution in [0, 0.1) is 5.92 Å². The molecule has 0 fully saturated rings. The smallest absolute Gasteiger partial charge is 0.227 e. The van der Waals surface area contributed by atoms with E-state index >= 15 is 0 Å². The highest BCUT2D eigenvalue weighted by Crippen LogP contribution is 2.32. The Labute approximate surface area is 156 Å². The van der Waals surface area contributed by atoms with Crippen molar-refractivity contribution in [1.29, 1.82) is 0 Å². The lowest BCUT2D eigenvalue weighted by molar-refractivity contribution is -0.115. The van der Waals surface area contributed by atoms with Crippen LogP contribution in [0.2, 0.25) is 5.02 Å². The highest BCUT2D eigenvalue weighted by atomic mass is 35.5. The fourth-order valence-corrected chi connectivity index (χ4v) is 5.32. The van der Waals surface area contributed by atoms with Gasteiger partial charge in [0.25, 0.3) is 0 Å². The Kier molecular flexibility index (Phi) is 5.46. The Morgan fingerprint density at radius 2 is 2.08 bits per heavy atom. The van der Waals surface area contributed by atoms with Crippen molar-refractivity contribution >= 4 is 43.8 Å². The van der Waals surface area contributed by atoms with Gasteiger partial charge in [0.1, 0.15) is 0 Å². The van der Waals surface area contributed by atoms with E-state index in [0.29, 0.717) is 16.1 Å². The lowest BCUT2D eigenvalue weighted by atomic mass is 9.93. The molecule has 3 rings (SSSR count). The van der Waals surface area contributed by atoms with Crippen LogP contribution in [-0.2, 0) is 27.5 Å². The third-order valence-corrected chi connectivity index (χ3v) is 7.22. The molecule has 8 heteroatoms. The van der Waals surface area contributed by atoms with Gasteiger partial charge in [0.15, 0.2) is 15.0 Å². The zero-order chi connectivity index (χ0) is 18.0. The molecule has 25 heavy (non-hydrogen) atoms. The minimum atomic E-state index is -3.51. The fourth-order valence-electron chi connectivity index (χ4n) is 2.76. The van der Waals surface area contributed by atoms with Crippen molar-refractivity contribution in [1.82, 2.24) is 4.98 Å². The number of halogens is 1. The van der Waals surface area contributed by atoms with Crippen molar-refractivity contribution < 1.29 is 13.2 Å². The maximum atomic E-state index is 12.3. The molecule has 2 aromatic rings. The number of hydrogen-bond donors (Lipinski definition) is 1. The number of sulfone groups is 1. The van der Waals surface area contributed by atoms with Gasteiger partial charge in [0.05, 0.1) is 16.3 Å². The highest BCUT2D eigenvalue weighted by Gasteiger charge is 2.21. The molecule has 0 saturated heterocycles. The predicted octanol–water partition coefficient (Wildman–Crippen LogP) is 3.72. The van der Waals surface area contributed by atoms with E-state index in [1.807, 2.05) is 0 Å². The summed E-state index contributed by atoms with van der Waals surface area (Å²) < 4.78 is 24.5. The number of rotatable bonds is 5. The number of benzene rings is 1. The van der Waals surface area contributed by atoms with E-state index in [0.717, 1.165) is 25.0 Å². The molecule has 0 unspecified atom stereocenters. The Balaban J connectivity index is 1.59. The van der Waals surface area contributed by atoms with Crippen LogP contribution in [-0.4, -0.2) is 25.1 Å². The number of nitrogens with one attached hydrogen (secondary N) is 1. The molecule has 5 nitrogen and oxygen atoms in total.